The van der Waals surface area contributed by atoms with Gasteiger partial charge in [0.2, 0.25) is 0 Å². The molecule has 0 aliphatic heterocycles. The topological polar surface area (TPSA) is 74.6 Å². The number of fused-ring (bicyclic) bond motifs is 1. The fourth-order valence-corrected chi connectivity index (χ4v) is 3.02. The maximum atomic E-state index is 11.7. The van der Waals surface area contributed by atoms with Gasteiger partial charge in [0.15, 0.2) is 0 Å². The van der Waals surface area contributed by atoms with Crippen LogP contribution in [0.15, 0.2) is 36.4 Å². The lowest BCUT2D eigenvalue weighted by molar-refractivity contribution is -0.144. The second-order valence-electron chi connectivity index (χ2n) is 5.14. The van der Waals surface area contributed by atoms with E-state index in [1.165, 1.54) is 0 Å². The highest BCUT2D eigenvalue weighted by atomic mass is 16.4. The number of hydrogen-bond donors (Lipinski definition) is 2. The molecular weight excluding hydrogens is 256 g/mol. The second kappa shape index (κ2) is 4.78. The van der Waals surface area contributed by atoms with E-state index < -0.39 is 22.8 Å². The summed E-state index contributed by atoms with van der Waals surface area (Å²) in [5.74, 6) is -1.89. The Morgan fingerprint density at radius 2 is 1.25 bits per heavy atom. The molecule has 1 aliphatic rings. The van der Waals surface area contributed by atoms with E-state index >= 15 is 0 Å². The van der Waals surface area contributed by atoms with Gasteiger partial charge in [-0.25, -0.2) is 0 Å². The van der Waals surface area contributed by atoms with Crippen molar-refractivity contribution in [3.63, 3.8) is 0 Å². The molecule has 2 N–H and O–H groups in total. The molecule has 1 aromatic rings. The lowest BCUT2D eigenvalue weighted by Gasteiger charge is -2.38. The Kier molecular flexibility index (Phi) is 3.42. The molecule has 0 spiro atoms. The SMILES string of the molecule is CC[C@]1(C(=O)O)C=C[C@](CC)(C(=O)O)c2ccccc21. The Morgan fingerprint density at radius 3 is 1.50 bits per heavy atom. The van der Waals surface area contributed by atoms with Crippen LogP contribution in [0.3, 0.4) is 0 Å². The highest BCUT2D eigenvalue weighted by Gasteiger charge is 2.48. The van der Waals surface area contributed by atoms with Crippen molar-refractivity contribution in [1.82, 2.24) is 0 Å². The fourth-order valence-electron chi connectivity index (χ4n) is 3.02. The van der Waals surface area contributed by atoms with Gasteiger partial charge in [0, 0.05) is 0 Å². The van der Waals surface area contributed by atoms with Crippen LogP contribution in [-0.4, -0.2) is 22.2 Å². The van der Waals surface area contributed by atoms with E-state index in [0.717, 1.165) is 0 Å². The molecule has 0 radical (unpaired) electrons. The van der Waals surface area contributed by atoms with Crippen LogP contribution >= 0.6 is 0 Å². The van der Waals surface area contributed by atoms with E-state index in [9.17, 15) is 19.8 Å². The van der Waals surface area contributed by atoms with E-state index in [1.807, 2.05) is 0 Å². The standard InChI is InChI=1S/C16H18O4/c1-3-15(13(17)18)9-10-16(4-2,14(19)20)12-8-6-5-7-11(12)15/h5-10H,3-4H2,1-2H3,(H,17,18)(H,19,20)/t15-,16-/m0/s1. The molecular formula is C16H18O4. The summed E-state index contributed by atoms with van der Waals surface area (Å²) in [6, 6.07) is 6.97. The number of rotatable bonds is 4. The van der Waals surface area contributed by atoms with Crippen LogP contribution in [0.2, 0.25) is 0 Å². The maximum absolute atomic E-state index is 11.7. The van der Waals surface area contributed by atoms with Crippen LogP contribution in [0.1, 0.15) is 37.8 Å². The second-order valence-corrected chi connectivity index (χ2v) is 5.14. The number of benzene rings is 1. The van der Waals surface area contributed by atoms with Crippen LogP contribution in [0.5, 0.6) is 0 Å². The summed E-state index contributed by atoms with van der Waals surface area (Å²) in [5.41, 5.74) is -1.10. The monoisotopic (exact) mass is 274 g/mol. The van der Waals surface area contributed by atoms with Gasteiger partial charge in [-0.2, -0.15) is 0 Å². The maximum Gasteiger partial charge on any atom is 0.318 e. The lowest BCUT2D eigenvalue weighted by atomic mass is 9.63. The van der Waals surface area contributed by atoms with Crippen molar-refractivity contribution < 1.29 is 19.8 Å². The first-order valence-electron chi connectivity index (χ1n) is 6.71. The van der Waals surface area contributed by atoms with Crippen molar-refractivity contribution in [3.8, 4) is 0 Å². The first-order valence-corrected chi connectivity index (χ1v) is 6.71. The summed E-state index contributed by atoms with van der Waals surface area (Å²) in [5, 5.41) is 19.2. The summed E-state index contributed by atoms with van der Waals surface area (Å²) < 4.78 is 0. The first kappa shape index (κ1) is 14.3. The number of hydrogen-bond acceptors (Lipinski definition) is 2. The smallest absolute Gasteiger partial charge is 0.318 e. The summed E-state index contributed by atoms with van der Waals surface area (Å²) >= 11 is 0. The molecule has 2 rings (SSSR count). The minimum Gasteiger partial charge on any atom is -0.480 e. The molecule has 4 nitrogen and oxygen atoms in total. The van der Waals surface area contributed by atoms with Gasteiger partial charge in [0.25, 0.3) is 0 Å². The van der Waals surface area contributed by atoms with Gasteiger partial charge in [0.1, 0.15) is 10.8 Å². The van der Waals surface area contributed by atoms with Crippen molar-refractivity contribution in [2.45, 2.75) is 37.5 Å². The minimum atomic E-state index is -1.13. The summed E-state index contributed by atoms with van der Waals surface area (Å²) in [6.07, 6.45) is 3.87. The van der Waals surface area contributed by atoms with Crippen LogP contribution in [0, 0.1) is 0 Å². The molecule has 20 heavy (non-hydrogen) atoms. The number of aliphatic carboxylic acids is 2. The minimum absolute atomic E-state index is 0.384. The fraction of sp³-hybridized carbons (Fsp3) is 0.375. The number of carboxylic acids is 2. The Labute approximate surface area is 117 Å². The molecule has 0 bridgehead atoms. The van der Waals surface area contributed by atoms with E-state index in [2.05, 4.69) is 0 Å². The molecule has 0 saturated carbocycles. The average molecular weight is 274 g/mol. The van der Waals surface area contributed by atoms with Crippen LogP contribution in [-0.2, 0) is 20.4 Å². The van der Waals surface area contributed by atoms with E-state index in [4.69, 9.17) is 0 Å². The number of carbonyl (C=O) groups is 2. The molecule has 2 atom stereocenters. The zero-order chi connectivity index (χ0) is 15.0. The third-order valence-electron chi connectivity index (χ3n) is 4.42. The Morgan fingerprint density at radius 1 is 0.900 bits per heavy atom. The molecule has 106 valence electrons. The van der Waals surface area contributed by atoms with Crippen molar-refractivity contribution >= 4 is 11.9 Å². The molecule has 1 aromatic carbocycles. The van der Waals surface area contributed by atoms with Crippen molar-refractivity contribution in [2.75, 3.05) is 0 Å². The van der Waals surface area contributed by atoms with Crippen LogP contribution < -0.4 is 0 Å². The van der Waals surface area contributed by atoms with Gasteiger partial charge in [-0.1, -0.05) is 50.3 Å². The van der Waals surface area contributed by atoms with Crippen molar-refractivity contribution in [2.24, 2.45) is 0 Å². The predicted molar refractivity (Wildman–Crippen MR) is 74.8 cm³/mol. The Bertz CT molecular complexity index is 539. The zero-order valence-corrected chi connectivity index (χ0v) is 11.6. The Balaban J connectivity index is 2.80. The van der Waals surface area contributed by atoms with Gasteiger partial charge < -0.3 is 10.2 Å². The quantitative estimate of drug-likeness (QED) is 0.828. The first-order chi connectivity index (χ1) is 9.44. The Hall–Kier alpha value is -2.10. The lowest BCUT2D eigenvalue weighted by Crippen LogP contribution is -2.44. The van der Waals surface area contributed by atoms with Gasteiger partial charge in [0.05, 0.1) is 0 Å². The van der Waals surface area contributed by atoms with E-state index in [1.54, 1.807) is 50.3 Å². The third-order valence-corrected chi connectivity index (χ3v) is 4.42. The highest BCUT2D eigenvalue weighted by Crippen LogP contribution is 2.45. The molecule has 4 heteroatoms. The summed E-state index contributed by atoms with van der Waals surface area (Å²) in [7, 11) is 0. The molecule has 0 amide bonds. The van der Waals surface area contributed by atoms with Crippen LogP contribution in [0.4, 0.5) is 0 Å². The van der Waals surface area contributed by atoms with Gasteiger partial charge in [-0.3, -0.25) is 9.59 Å². The zero-order valence-electron chi connectivity index (χ0n) is 11.6. The summed E-state index contributed by atoms with van der Waals surface area (Å²) in [4.78, 5) is 23.5. The van der Waals surface area contributed by atoms with E-state index in [-0.39, 0.29) is 0 Å². The van der Waals surface area contributed by atoms with Crippen LogP contribution in [0.25, 0.3) is 0 Å². The normalized spacial score (nSPS) is 27.9. The van der Waals surface area contributed by atoms with E-state index in [0.29, 0.717) is 24.0 Å². The molecule has 0 fully saturated rings. The largest absolute Gasteiger partial charge is 0.480 e. The molecule has 0 heterocycles. The average Bonchev–Trinajstić information content (AvgIpc) is 2.45. The predicted octanol–water partition coefficient (Wildman–Crippen LogP) is 2.72. The highest BCUT2D eigenvalue weighted by molar-refractivity contribution is 5.91. The van der Waals surface area contributed by atoms with Crippen molar-refractivity contribution in [3.05, 3.63) is 47.5 Å². The third kappa shape index (κ3) is 1.68. The molecule has 0 aromatic heterocycles. The van der Waals surface area contributed by atoms with Gasteiger partial charge in [-0.05, 0) is 24.0 Å². The summed E-state index contributed by atoms with van der Waals surface area (Å²) in [6.45, 7) is 3.60. The van der Waals surface area contributed by atoms with Gasteiger partial charge >= 0.3 is 11.9 Å². The molecule has 0 saturated heterocycles. The molecule has 0 unspecified atom stereocenters. The number of carboxylic acid groups (broad SMARTS) is 2. The molecule has 1 aliphatic carbocycles. The van der Waals surface area contributed by atoms with Gasteiger partial charge in [-0.15, -0.1) is 0 Å². The van der Waals surface area contributed by atoms with Crippen molar-refractivity contribution in [1.29, 1.82) is 0 Å².